The van der Waals surface area contributed by atoms with Crippen molar-refractivity contribution in [3.05, 3.63) is 59.4 Å². The van der Waals surface area contributed by atoms with Gasteiger partial charge in [0.25, 0.3) is 0 Å². The molecule has 0 bridgehead atoms. The first-order chi connectivity index (χ1) is 13.8. The van der Waals surface area contributed by atoms with Crippen molar-refractivity contribution in [2.45, 2.75) is 104 Å². The summed E-state index contributed by atoms with van der Waals surface area (Å²) in [6, 6.07) is 0. The van der Waals surface area contributed by atoms with E-state index in [9.17, 15) is 0 Å². The molecule has 0 nitrogen and oxygen atoms in total. The second kappa shape index (κ2) is 17.6. The smallest absolute Gasteiger partial charge is 1.00 e. The van der Waals surface area contributed by atoms with E-state index in [1.54, 1.807) is 11.1 Å². The standard InChI is InChI=1S/2C14H21.2ClH.Zr/c2*1-12-10-11-13-8-6-4-2-3-5-7-9-14(12)13;;;/h2*9-11,13H,2-8H2,1H3;2*1H;/q2*-1;;;+4/p-2. The maximum atomic E-state index is 2.49. The Hall–Kier alpha value is 0.163. The molecule has 0 saturated heterocycles. The number of fused-ring (bicyclic) bond motifs is 2. The number of hydrogen-bond acceptors (Lipinski definition) is 0. The predicted octanol–water partition coefficient (Wildman–Crippen LogP) is 2.88. The average molecular weight is 541 g/mol. The summed E-state index contributed by atoms with van der Waals surface area (Å²) < 4.78 is 0. The third-order valence-corrected chi connectivity index (χ3v) is 7.03. The Morgan fingerprint density at radius 1 is 0.581 bits per heavy atom. The molecule has 0 spiro atoms. The number of allylic oxidation sites excluding steroid dienone is 8. The zero-order valence-corrected chi connectivity index (χ0v) is 23.7. The summed E-state index contributed by atoms with van der Waals surface area (Å²) in [6.45, 7) is 4.52. The van der Waals surface area contributed by atoms with Crippen LogP contribution in [0.1, 0.15) is 104 Å². The Morgan fingerprint density at radius 3 is 1.35 bits per heavy atom. The molecule has 4 aliphatic rings. The van der Waals surface area contributed by atoms with Crippen LogP contribution in [0.25, 0.3) is 0 Å². The summed E-state index contributed by atoms with van der Waals surface area (Å²) in [5, 5.41) is 0. The molecule has 0 aliphatic heterocycles. The fourth-order valence-corrected chi connectivity index (χ4v) is 5.23. The minimum atomic E-state index is 0. The van der Waals surface area contributed by atoms with Crippen molar-refractivity contribution in [3.63, 3.8) is 0 Å². The van der Waals surface area contributed by atoms with Crippen LogP contribution in [0.3, 0.4) is 0 Å². The van der Waals surface area contributed by atoms with E-state index in [4.69, 9.17) is 0 Å². The monoisotopic (exact) mass is 538 g/mol. The molecular formula is C28H42Cl2Zr. The summed E-state index contributed by atoms with van der Waals surface area (Å²) >= 11 is 0. The summed E-state index contributed by atoms with van der Waals surface area (Å²) in [4.78, 5) is 0. The zero-order valence-electron chi connectivity index (χ0n) is 19.8. The van der Waals surface area contributed by atoms with E-state index in [1.807, 2.05) is 0 Å². The van der Waals surface area contributed by atoms with Crippen molar-refractivity contribution in [1.82, 2.24) is 0 Å². The molecule has 4 aliphatic carbocycles. The van der Waals surface area contributed by atoms with Gasteiger partial charge in [0.05, 0.1) is 0 Å². The van der Waals surface area contributed by atoms with Crippen molar-refractivity contribution >= 4 is 0 Å². The molecule has 2 unspecified atom stereocenters. The van der Waals surface area contributed by atoms with Crippen molar-refractivity contribution < 1.29 is 51.0 Å². The van der Waals surface area contributed by atoms with Crippen molar-refractivity contribution in [2.24, 2.45) is 11.8 Å². The van der Waals surface area contributed by atoms with Gasteiger partial charge < -0.3 is 24.8 Å². The Labute approximate surface area is 224 Å². The van der Waals surface area contributed by atoms with Gasteiger partial charge in [-0.1, -0.05) is 76.4 Å². The quantitative estimate of drug-likeness (QED) is 0.415. The molecule has 0 aromatic heterocycles. The Kier molecular flexibility index (Phi) is 17.7. The summed E-state index contributed by atoms with van der Waals surface area (Å²) in [5.74, 6) is 1.51. The first kappa shape index (κ1) is 31.2. The maximum Gasteiger partial charge on any atom is 4.00 e. The first-order valence-corrected chi connectivity index (χ1v) is 12.2. The molecule has 2 atom stereocenters. The molecule has 2 fully saturated rings. The normalized spacial score (nSPS) is 25.7. The van der Waals surface area contributed by atoms with Gasteiger partial charge in [0.2, 0.25) is 0 Å². The van der Waals surface area contributed by atoms with Crippen molar-refractivity contribution in [2.75, 3.05) is 0 Å². The molecule has 4 rings (SSSR count). The van der Waals surface area contributed by atoms with E-state index in [-0.39, 0.29) is 51.0 Å². The van der Waals surface area contributed by atoms with Crippen LogP contribution in [0, 0.1) is 24.7 Å². The molecule has 0 amide bonds. The molecule has 0 aromatic carbocycles. The van der Waals surface area contributed by atoms with Crippen LogP contribution in [0.2, 0.25) is 0 Å². The predicted molar refractivity (Wildman–Crippen MR) is 124 cm³/mol. The molecular weight excluding hydrogens is 498 g/mol. The molecule has 0 radical (unpaired) electrons. The van der Waals surface area contributed by atoms with Crippen LogP contribution in [0.15, 0.2) is 46.6 Å². The minimum Gasteiger partial charge on any atom is -1.00 e. The third-order valence-electron chi connectivity index (χ3n) is 7.03. The Balaban J connectivity index is 0.000000529. The van der Waals surface area contributed by atoms with Crippen LogP contribution in [0.5, 0.6) is 0 Å². The van der Waals surface area contributed by atoms with Gasteiger partial charge in [0, 0.05) is 0 Å². The fourth-order valence-electron chi connectivity index (χ4n) is 5.23. The third kappa shape index (κ3) is 10.3. The fraction of sp³-hybridized carbons (Fsp3) is 0.643. The van der Waals surface area contributed by atoms with Crippen LogP contribution < -0.4 is 24.8 Å². The summed E-state index contributed by atoms with van der Waals surface area (Å²) in [5.41, 5.74) is 6.28. The molecule has 0 N–H and O–H groups in total. The first-order valence-electron chi connectivity index (χ1n) is 12.2. The van der Waals surface area contributed by atoms with Crippen LogP contribution in [-0.2, 0) is 26.2 Å². The average Bonchev–Trinajstić information content (AvgIpc) is 3.25. The maximum absolute atomic E-state index is 2.49. The Morgan fingerprint density at radius 2 is 0.935 bits per heavy atom. The summed E-state index contributed by atoms with van der Waals surface area (Å²) in [7, 11) is 0. The van der Waals surface area contributed by atoms with E-state index in [2.05, 4.69) is 51.0 Å². The van der Waals surface area contributed by atoms with Crippen molar-refractivity contribution in [3.8, 4) is 0 Å². The van der Waals surface area contributed by atoms with Gasteiger partial charge in [-0.2, -0.15) is 11.1 Å². The minimum absolute atomic E-state index is 0. The largest absolute Gasteiger partial charge is 4.00 e. The van der Waals surface area contributed by atoms with E-state index in [1.165, 1.54) is 101 Å². The molecule has 2 saturated carbocycles. The zero-order chi connectivity index (χ0) is 19.6. The van der Waals surface area contributed by atoms with Crippen LogP contribution >= 0.6 is 0 Å². The summed E-state index contributed by atoms with van der Waals surface area (Å²) in [6.07, 6.45) is 34.0. The van der Waals surface area contributed by atoms with Gasteiger partial charge in [-0.15, -0.1) is 38.8 Å². The molecule has 3 heteroatoms. The van der Waals surface area contributed by atoms with E-state index < -0.39 is 0 Å². The Bertz CT molecular complexity index is 561. The van der Waals surface area contributed by atoms with Crippen LogP contribution in [0.4, 0.5) is 0 Å². The molecule has 31 heavy (non-hydrogen) atoms. The number of halogens is 2. The SMILES string of the molecule is CC1=C2[CH-]CCCCCCCC2C=C1.CC1=C2[CH-]CCCCCCCC2C=C1.[Cl-].[Cl-].[Zr+4]. The molecule has 0 heterocycles. The topological polar surface area (TPSA) is 0 Å². The van der Waals surface area contributed by atoms with Gasteiger partial charge >= 0.3 is 26.2 Å². The van der Waals surface area contributed by atoms with Gasteiger partial charge in [-0.3, -0.25) is 0 Å². The van der Waals surface area contributed by atoms with E-state index in [0.717, 1.165) is 11.8 Å². The van der Waals surface area contributed by atoms with E-state index >= 15 is 0 Å². The second-order valence-corrected chi connectivity index (χ2v) is 9.31. The molecule has 172 valence electrons. The van der Waals surface area contributed by atoms with Gasteiger partial charge in [0.1, 0.15) is 0 Å². The number of hydrogen-bond donors (Lipinski definition) is 0. The van der Waals surface area contributed by atoms with Gasteiger partial charge in [-0.25, -0.2) is 24.0 Å². The van der Waals surface area contributed by atoms with E-state index in [0.29, 0.717) is 0 Å². The molecule has 0 aromatic rings. The van der Waals surface area contributed by atoms with Crippen LogP contribution in [-0.4, -0.2) is 0 Å². The van der Waals surface area contributed by atoms with Crippen molar-refractivity contribution in [1.29, 1.82) is 0 Å². The van der Waals surface area contributed by atoms with Gasteiger partial charge in [-0.05, 0) is 24.7 Å². The number of rotatable bonds is 0. The van der Waals surface area contributed by atoms with Gasteiger partial charge in [0.15, 0.2) is 0 Å². The second-order valence-electron chi connectivity index (χ2n) is 9.31.